The van der Waals surface area contributed by atoms with Crippen LogP contribution < -0.4 is 15.5 Å². The van der Waals surface area contributed by atoms with Gasteiger partial charge in [0.15, 0.2) is 0 Å². The number of hydrogen-bond donors (Lipinski definition) is 3. The molecule has 2 heterocycles. The topological polar surface area (TPSA) is 95.4 Å². The third kappa shape index (κ3) is 4.68. The molecule has 1 aliphatic rings. The number of hydrogen-bond acceptors (Lipinski definition) is 8. The van der Waals surface area contributed by atoms with Gasteiger partial charge < -0.3 is 25.4 Å². The zero-order valence-corrected chi connectivity index (χ0v) is 12.7. The summed E-state index contributed by atoms with van der Waals surface area (Å²) in [7, 11) is 0. The van der Waals surface area contributed by atoms with E-state index in [-0.39, 0.29) is 12.6 Å². The van der Waals surface area contributed by atoms with Gasteiger partial charge in [-0.15, -0.1) is 0 Å². The van der Waals surface area contributed by atoms with Crippen molar-refractivity contribution in [2.24, 2.45) is 0 Å². The molecule has 1 atom stereocenters. The van der Waals surface area contributed by atoms with Crippen molar-refractivity contribution in [3.05, 3.63) is 0 Å². The number of nitrogens with one attached hydrogen (secondary N) is 2. The summed E-state index contributed by atoms with van der Waals surface area (Å²) in [5, 5.41) is 15.4. The van der Waals surface area contributed by atoms with Crippen molar-refractivity contribution in [3.63, 3.8) is 0 Å². The van der Waals surface area contributed by atoms with Crippen LogP contribution in [-0.2, 0) is 4.74 Å². The van der Waals surface area contributed by atoms with E-state index < -0.39 is 0 Å². The van der Waals surface area contributed by atoms with Gasteiger partial charge in [-0.2, -0.15) is 15.0 Å². The average Bonchev–Trinajstić information content (AvgIpc) is 2.53. The minimum Gasteiger partial charge on any atom is -0.394 e. The molecule has 1 aromatic heterocycles. The third-order valence-corrected chi connectivity index (χ3v) is 3.10. The molecular weight excluding hydrogens is 272 g/mol. The molecule has 1 unspecified atom stereocenters. The molecule has 8 heteroatoms. The molecule has 1 saturated heterocycles. The first-order valence-electron chi connectivity index (χ1n) is 7.43. The van der Waals surface area contributed by atoms with Gasteiger partial charge in [-0.25, -0.2) is 0 Å². The Morgan fingerprint density at radius 1 is 1.24 bits per heavy atom. The second-order valence-corrected chi connectivity index (χ2v) is 5.04. The highest BCUT2D eigenvalue weighted by Crippen LogP contribution is 2.15. The van der Waals surface area contributed by atoms with E-state index in [9.17, 15) is 0 Å². The normalized spacial score (nSPS) is 16.6. The number of aromatic nitrogens is 3. The van der Waals surface area contributed by atoms with Gasteiger partial charge in [0, 0.05) is 25.7 Å². The van der Waals surface area contributed by atoms with Gasteiger partial charge in [-0.3, -0.25) is 0 Å². The molecule has 1 aliphatic heterocycles. The SMILES string of the molecule is CCCNc1nc(NC(C)CO)nc(N2CCOCC2)n1. The van der Waals surface area contributed by atoms with E-state index in [1.807, 2.05) is 6.92 Å². The molecule has 1 aromatic rings. The Morgan fingerprint density at radius 3 is 2.62 bits per heavy atom. The van der Waals surface area contributed by atoms with Gasteiger partial charge >= 0.3 is 0 Å². The summed E-state index contributed by atoms with van der Waals surface area (Å²) in [6.45, 7) is 7.69. The Morgan fingerprint density at radius 2 is 1.95 bits per heavy atom. The molecule has 0 aromatic carbocycles. The Hall–Kier alpha value is -1.67. The number of morpholine rings is 1. The van der Waals surface area contributed by atoms with Crippen molar-refractivity contribution in [2.75, 3.05) is 55.0 Å². The molecule has 0 saturated carbocycles. The van der Waals surface area contributed by atoms with Crippen molar-refractivity contribution < 1.29 is 9.84 Å². The highest BCUT2D eigenvalue weighted by molar-refractivity contribution is 5.44. The van der Waals surface area contributed by atoms with Crippen LogP contribution in [-0.4, -0.2) is 65.6 Å². The fraction of sp³-hybridized carbons (Fsp3) is 0.769. The smallest absolute Gasteiger partial charge is 0.232 e. The Bertz CT molecular complexity index is 439. The van der Waals surface area contributed by atoms with Crippen molar-refractivity contribution in [2.45, 2.75) is 26.3 Å². The molecule has 8 nitrogen and oxygen atoms in total. The second kappa shape index (κ2) is 7.94. The first-order valence-corrected chi connectivity index (χ1v) is 7.43. The minimum absolute atomic E-state index is 0.0241. The van der Waals surface area contributed by atoms with Gasteiger partial charge in [-0.05, 0) is 13.3 Å². The summed E-state index contributed by atoms with van der Waals surface area (Å²) in [5.74, 6) is 1.67. The highest BCUT2D eigenvalue weighted by atomic mass is 16.5. The zero-order chi connectivity index (χ0) is 15.1. The lowest BCUT2D eigenvalue weighted by Gasteiger charge is -2.27. The molecule has 3 N–H and O–H groups in total. The lowest BCUT2D eigenvalue weighted by atomic mass is 10.4. The van der Waals surface area contributed by atoms with Gasteiger partial charge in [0.25, 0.3) is 0 Å². The summed E-state index contributed by atoms with van der Waals surface area (Å²) in [6.07, 6.45) is 0.994. The standard InChI is InChI=1S/C13H24N6O2/c1-3-4-14-11-16-12(15-10(2)9-20)18-13(17-11)19-5-7-21-8-6-19/h10,20H,3-9H2,1-2H3,(H2,14,15,16,17,18). The first kappa shape index (κ1) is 15.7. The van der Waals surface area contributed by atoms with Gasteiger partial charge in [0.1, 0.15) is 0 Å². The second-order valence-electron chi connectivity index (χ2n) is 5.04. The summed E-state index contributed by atoms with van der Waals surface area (Å²) in [4.78, 5) is 15.3. The number of rotatable bonds is 7. The van der Waals surface area contributed by atoms with E-state index in [2.05, 4.69) is 37.4 Å². The van der Waals surface area contributed by atoms with E-state index in [0.717, 1.165) is 26.1 Å². The maximum absolute atomic E-state index is 9.15. The van der Waals surface area contributed by atoms with Crippen LogP contribution in [0, 0.1) is 0 Å². The molecule has 0 amide bonds. The lowest BCUT2D eigenvalue weighted by molar-refractivity contribution is 0.122. The summed E-state index contributed by atoms with van der Waals surface area (Å²) in [6, 6.07) is -0.107. The van der Waals surface area contributed by atoms with Crippen molar-refractivity contribution in [1.29, 1.82) is 0 Å². The number of anilines is 3. The number of aliphatic hydroxyl groups is 1. The molecule has 21 heavy (non-hydrogen) atoms. The zero-order valence-electron chi connectivity index (χ0n) is 12.7. The van der Waals surface area contributed by atoms with E-state index in [0.29, 0.717) is 31.1 Å². The summed E-state index contributed by atoms with van der Waals surface area (Å²) < 4.78 is 5.35. The van der Waals surface area contributed by atoms with Gasteiger partial charge in [0.05, 0.1) is 19.8 Å². The van der Waals surface area contributed by atoms with Crippen LogP contribution in [0.2, 0.25) is 0 Å². The predicted octanol–water partition coefficient (Wildman–Crippen LogP) is 0.323. The van der Waals surface area contributed by atoms with Crippen LogP contribution in [0.15, 0.2) is 0 Å². The Balaban J connectivity index is 2.18. The molecule has 0 bridgehead atoms. The molecule has 0 spiro atoms. The lowest BCUT2D eigenvalue weighted by Crippen LogP contribution is -2.37. The number of ether oxygens (including phenoxy) is 1. The Labute approximate surface area is 125 Å². The average molecular weight is 296 g/mol. The van der Waals surface area contributed by atoms with Crippen LogP contribution in [0.3, 0.4) is 0 Å². The van der Waals surface area contributed by atoms with Gasteiger partial charge in [0.2, 0.25) is 17.8 Å². The van der Waals surface area contributed by atoms with E-state index in [4.69, 9.17) is 9.84 Å². The molecule has 1 fully saturated rings. The third-order valence-electron chi connectivity index (χ3n) is 3.10. The molecule has 0 aliphatic carbocycles. The van der Waals surface area contributed by atoms with E-state index in [1.165, 1.54) is 0 Å². The summed E-state index contributed by atoms with van der Waals surface area (Å²) in [5.41, 5.74) is 0. The maximum atomic E-state index is 9.15. The quantitative estimate of drug-likeness (QED) is 0.662. The van der Waals surface area contributed by atoms with Gasteiger partial charge in [-0.1, -0.05) is 6.92 Å². The number of nitrogens with zero attached hydrogens (tertiary/aromatic N) is 4. The Kier molecular flexibility index (Phi) is 5.94. The van der Waals surface area contributed by atoms with E-state index in [1.54, 1.807) is 0 Å². The van der Waals surface area contributed by atoms with Crippen LogP contribution in [0.5, 0.6) is 0 Å². The van der Waals surface area contributed by atoms with Crippen LogP contribution >= 0.6 is 0 Å². The molecule has 118 valence electrons. The minimum atomic E-state index is -0.107. The van der Waals surface area contributed by atoms with Crippen LogP contribution in [0.1, 0.15) is 20.3 Å². The molecule has 2 rings (SSSR count). The summed E-state index contributed by atoms with van der Waals surface area (Å²) >= 11 is 0. The first-order chi connectivity index (χ1) is 10.2. The van der Waals surface area contributed by atoms with Crippen molar-refractivity contribution in [1.82, 2.24) is 15.0 Å². The largest absolute Gasteiger partial charge is 0.394 e. The molecule has 0 radical (unpaired) electrons. The van der Waals surface area contributed by atoms with Crippen LogP contribution in [0.4, 0.5) is 17.8 Å². The fourth-order valence-electron chi connectivity index (χ4n) is 1.92. The van der Waals surface area contributed by atoms with Crippen molar-refractivity contribution >= 4 is 17.8 Å². The van der Waals surface area contributed by atoms with Crippen LogP contribution in [0.25, 0.3) is 0 Å². The number of aliphatic hydroxyl groups excluding tert-OH is 1. The molecular formula is C13H24N6O2. The van der Waals surface area contributed by atoms with E-state index >= 15 is 0 Å². The predicted molar refractivity (Wildman–Crippen MR) is 81.8 cm³/mol. The highest BCUT2D eigenvalue weighted by Gasteiger charge is 2.17. The fourth-order valence-corrected chi connectivity index (χ4v) is 1.92. The monoisotopic (exact) mass is 296 g/mol. The maximum Gasteiger partial charge on any atom is 0.232 e. The van der Waals surface area contributed by atoms with Crippen molar-refractivity contribution in [3.8, 4) is 0 Å².